The summed E-state index contributed by atoms with van der Waals surface area (Å²) in [6.45, 7) is 6.15. The average Bonchev–Trinajstić information content (AvgIpc) is 1.97. The zero-order chi connectivity index (χ0) is 8.69. The Morgan fingerprint density at radius 2 is 2.18 bits per heavy atom. The van der Waals surface area contributed by atoms with Gasteiger partial charge in [-0.25, -0.2) is 0 Å². The molecule has 0 saturated heterocycles. The minimum atomic E-state index is 0.390. The number of aliphatic imine (C=N–C) groups is 1. The molecule has 0 heterocycles. The molecule has 11 heavy (non-hydrogen) atoms. The SMILES string of the molecule is CCC=N/C=C(\C=N)C(C)C. The third kappa shape index (κ3) is 4.48. The largest absolute Gasteiger partial charge is 0.308 e. The quantitative estimate of drug-likeness (QED) is 0.601. The topological polar surface area (TPSA) is 36.2 Å². The first-order chi connectivity index (χ1) is 5.22. The lowest BCUT2D eigenvalue weighted by molar-refractivity contribution is 0.803. The van der Waals surface area contributed by atoms with E-state index in [0.29, 0.717) is 5.92 Å². The fourth-order valence-corrected chi connectivity index (χ4v) is 0.597. The Hall–Kier alpha value is -0.920. The number of allylic oxidation sites excluding steroid dienone is 1. The number of nitrogens with one attached hydrogen (secondary N) is 1. The minimum absolute atomic E-state index is 0.390. The van der Waals surface area contributed by atoms with E-state index < -0.39 is 0 Å². The summed E-state index contributed by atoms with van der Waals surface area (Å²) in [5, 5.41) is 7.06. The van der Waals surface area contributed by atoms with Crippen LogP contribution in [0, 0.1) is 11.3 Å². The zero-order valence-corrected chi connectivity index (χ0v) is 7.46. The van der Waals surface area contributed by atoms with Gasteiger partial charge in [-0.15, -0.1) is 0 Å². The first kappa shape index (κ1) is 10.1. The van der Waals surface area contributed by atoms with E-state index in [1.807, 2.05) is 13.1 Å². The molecule has 0 fully saturated rings. The van der Waals surface area contributed by atoms with Gasteiger partial charge in [-0.3, -0.25) is 4.99 Å². The first-order valence-corrected chi connectivity index (χ1v) is 3.94. The van der Waals surface area contributed by atoms with Crippen LogP contribution in [0.3, 0.4) is 0 Å². The summed E-state index contributed by atoms with van der Waals surface area (Å²) < 4.78 is 0. The number of hydrogen-bond acceptors (Lipinski definition) is 2. The van der Waals surface area contributed by atoms with Crippen molar-refractivity contribution in [3.05, 3.63) is 11.8 Å². The van der Waals surface area contributed by atoms with Crippen LogP contribution in [0.5, 0.6) is 0 Å². The Morgan fingerprint density at radius 3 is 2.55 bits per heavy atom. The van der Waals surface area contributed by atoms with Gasteiger partial charge >= 0.3 is 0 Å². The Morgan fingerprint density at radius 1 is 1.55 bits per heavy atom. The highest BCUT2D eigenvalue weighted by molar-refractivity contribution is 5.76. The van der Waals surface area contributed by atoms with Crippen molar-refractivity contribution < 1.29 is 0 Å². The molecular formula is C9H16N2. The van der Waals surface area contributed by atoms with E-state index >= 15 is 0 Å². The zero-order valence-electron chi connectivity index (χ0n) is 7.46. The van der Waals surface area contributed by atoms with E-state index in [9.17, 15) is 0 Å². The molecule has 0 aromatic heterocycles. The Labute approximate surface area is 68.5 Å². The molecule has 2 heteroatoms. The normalized spacial score (nSPS) is 12.9. The molecule has 0 aromatic rings. The molecule has 0 aliphatic rings. The lowest BCUT2D eigenvalue weighted by Crippen LogP contribution is -1.93. The van der Waals surface area contributed by atoms with Crippen LogP contribution in [0.4, 0.5) is 0 Å². The van der Waals surface area contributed by atoms with E-state index in [1.54, 1.807) is 6.20 Å². The third-order valence-corrected chi connectivity index (χ3v) is 1.34. The summed E-state index contributed by atoms with van der Waals surface area (Å²) in [5.41, 5.74) is 0.967. The molecule has 62 valence electrons. The van der Waals surface area contributed by atoms with Crippen LogP contribution in [0.25, 0.3) is 0 Å². The van der Waals surface area contributed by atoms with Gasteiger partial charge in [0.25, 0.3) is 0 Å². The predicted molar refractivity (Wildman–Crippen MR) is 50.5 cm³/mol. The molecule has 1 N–H and O–H groups in total. The second-order valence-electron chi connectivity index (χ2n) is 2.67. The summed E-state index contributed by atoms with van der Waals surface area (Å²) in [6.07, 6.45) is 5.89. The van der Waals surface area contributed by atoms with Gasteiger partial charge in [0.15, 0.2) is 0 Å². The summed E-state index contributed by atoms with van der Waals surface area (Å²) >= 11 is 0. The van der Waals surface area contributed by atoms with Crippen LogP contribution in [-0.2, 0) is 0 Å². The van der Waals surface area contributed by atoms with E-state index in [4.69, 9.17) is 5.41 Å². The number of nitrogens with zero attached hydrogens (tertiary/aromatic N) is 1. The highest BCUT2D eigenvalue weighted by Crippen LogP contribution is 2.05. The van der Waals surface area contributed by atoms with Crippen molar-refractivity contribution in [3.8, 4) is 0 Å². The Balaban J connectivity index is 4.12. The van der Waals surface area contributed by atoms with E-state index in [2.05, 4.69) is 18.8 Å². The second-order valence-corrected chi connectivity index (χ2v) is 2.67. The van der Waals surface area contributed by atoms with Crippen molar-refractivity contribution in [1.82, 2.24) is 0 Å². The average molecular weight is 152 g/mol. The molecule has 0 unspecified atom stereocenters. The van der Waals surface area contributed by atoms with Crippen LogP contribution in [0.2, 0.25) is 0 Å². The van der Waals surface area contributed by atoms with E-state index in [-0.39, 0.29) is 0 Å². The summed E-state index contributed by atoms with van der Waals surface area (Å²) in [5.74, 6) is 0.390. The van der Waals surface area contributed by atoms with Crippen LogP contribution in [0.15, 0.2) is 16.8 Å². The Kier molecular flexibility index (Phi) is 5.35. The molecule has 0 rings (SSSR count). The fraction of sp³-hybridized carbons (Fsp3) is 0.556. The van der Waals surface area contributed by atoms with Gasteiger partial charge in [-0.1, -0.05) is 20.8 Å². The lowest BCUT2D eigenvalue weighted by Gasteiger charge is -2.01. The molecule has 0 bridgehead atoms. The molecular weight excluding hydrogens is 136 g/mol. The molecule has 0 saturated carbocycles. The van der Waals surface area contributed by atoms with E-state index in [1.165, 1.54) is 6.21 Å². The second kappa shape index (κ2) is 5.83. The maximum absolute atomic E-state index is 7.06. The fourth-order valence-electron chi connectivity index (χ4n) is 0.597. The molecule has 0 aliphatic heterocycles. The van der Waals surface area contributed by atoms with Crippen molar-refractivity contribution >= 4 is 12.4 Å². The van der Waals surface area contributed by atoms with Crippen molar-refractivity contribution in [2.45, 2.75) is 27.2 Å². The van der Waals surface area contributed by atoms with Gasteiger partial charge in [0.2, 0.25) is 0 Å². The molecule has 0 aromatic carbocycles. The highest BCUT2D eigenvalue weighted by Gasteiger charge is 1.96. The van der Waals surface area contributed by atoms with Crippen LogP contribution in [-0.4, -0.2) is 12.4 Å². The standard InChI is InChI=1S/C9H16N2/c1-4-5-11-7-9(6-10)8(2)3/h5-8,10H,4H2,1-3H3/b9-7+,10-6?,11-5?. The third-order valence-electron chi connectivity index (χ3n) is 1.34. The van der Waals surface area contributed by atoms with Crippen molar-refractivity contribution in [1.29, 1.82) is 5.41 Å². The van der Waals surface area contributed by atoms with Crippen LogP contribution >= 0.6 is 0 Å². The maximum Gasteiger partial charge on any atom is 0.0313 e. The van der Waals surface area contributed by atoms with Gasteiger partial charge in [0, 0.05) is 18.6 Å². The lowest BCUT2D eigenvalue weighted by atomic mass is 10.1. The van der Waals surface area contributed by atoms with E-state index in [0.717, 1.165) is 12.0 Å². The first-order valence-electron chi connectivity index (χ1n) is 3.94. The molecule has 0 atom stereocenters. The van der Waals surface area contributed by atoms with Crippen molar-refractivity contribution in [3.63, 3.8) is 0 Å². The van der Waals surface area contributed by atoms with Crippen LogP contribution < -0.4 is 0 Å². The molecule has 0 aliphatic carbocycles. The highest BCUT2D eigenvalue weighted by atomic mass is 14.7. The summed E-state index contributed by atoms with van der Waals surface area (Å²) in [7, 11) is 0. The number of hydrogen-bond donors (Lipinski definition) is 1. The van der Waals surface area contributed by atoms with Gasteiger partial charge < -0.3 is 5.41 Å². The van der Waals surface area contributed by atoms with Gasteiger partial charge in [0.05, 0.1) is 0 Å². The molecule has 0 radical (unpaired) electrons. The molecule has 0 spiro atoms. The molecule has 2 nitrogen and oxygen atoms in total. The maximum atomic E-state index is 7.06. The monoisotopic (exact) mass is 152 g/mol. The van der Waals surface area contributed by atoms with Crippen molar-refractivity contribution in [2.75, 3.05) is 0 Å². The smallest absolute Gasteiger partial charge is 0.0313 e. The number of rotatable bonds is 4. The van der Waals surface area contributed by atoms with Gasteiger partial charge in [0.1, 0.15) is 0 Å². The van der Waals surface area contributed by atoms with Crippen LogP contribution in [0.1, 0.15) is 27.2 Å². The summed E-state index contributed by atoms with van der Waals surface area (Å²) in [6, 6.07) is 0. The summed E-state index contributed by atoms with van der Waals surface area (Å²) in [4.78, 5) is 4.04. The Bertz CT molecular complexity index is 166. The van der Waals surface area contributed by atoms with Gasteiger partial charge in [-0.05, 0) is 17.9 Å². The van der Waals surface area contributed by atoms with Gasteiger partial charge in [-0.2, -0.15) is 0 Å². The predicted octanol–water partition coefficient (Wildman–Crippen LogP) is 2.66. The minimum Gasteiger partial charge on any atom is -0.308 e. The molecule has 0 amide bonds. The van der Waals surface area contributed by atoms with Crippen molar-refractivity contribution in [2.24, 2.45) is 10.9 Å².